The molecule has 0 N–H and O–H groups in total. The van der Waals surface area contributed by atoms with Crippen molar-refractivity contribution in [3.8, 4) is 12.4 Å². The topological polar surface area (TPSA) is 75.5 Å². The minimum atomic E-state index is -0.538. The molecule has 0 radical (unpaired) electrons. The van der Waals surface area contributed by atoms with Crippen LogP contribution in [-0.4, -0.2) is 29.9 Å². The maximum absolute atomic E-state index is 10.6. The summed E-state index contributed by atoms with van der Waals surface area (Å²) in [6, 6.07) is 15.1. The Bertz CT molecular complexity index is 8310. The highest BCUT2D eigenvalue weighted by Gasteiger charge is 2.76. The van der Waals surface area contributed by atoms with Crippen LogP contribution in [-0.2, 0) is 10.8 Å². The van der Waals surface area contributed by atoms with Gasteiger partial charge in [0.25, 0.3) is 0 Å². The van der Waals surface area contributed by atoms with E-state index in [1.54, 1.807) is 313 Å². The maximum atomic E-state index is 10.6. The highest BCUT2D eigenvalue weighted by molar-refractivity contribution is 6.82. The van der Waals surface area contributed by atoms with Gasteiger partial charge in [0, 0.05) is 34.8 Å². The molecule has 5 aliphatic carbocycles. The number of aliphatic imine (C=N–C) groups is 2. The molecule has 1 saturated heterocycles. The Hall–Kier alpha value is -10.8. The Morgan fingerprint density at radius 3 is 0.833 bits per heavy atom. The zero-order valence-electron chi connectivity index (χ0n) is 43.1. The van der Waals surface area contributed by atoms with Crippen molar-refractivity contribution < 1.29 is 0 Å². The summed E-state index contributed by atoms with van der Waals surface area (Å²) in [4.78, 5) is 12.2. The molecule has 36 rings (SSSR count). The fourth-order valence-corrected chi connectivity index (χ4v) is 28.2. The molecule has 5 heteroatoms. The zero-order valence-corrected chi connectivity index (χ0v) is 43.1. The van der Waals surface area contributed by atoms with Gasteiger partial charge in [0.1, 0.15) is 0 Å². The van der Waals surface area contributed by atoms with Gasteiger partial charge >= 0.3 is 0 Å². The predicted octanol–water partition coefficient (Wildman–Crippen LogP) is 18.9. The molecule has 30 aromatic carbocycles. The summed E-state index contributed by atoms with van der Waals surface area (Å²) in [7, 11) is 2.50. The normalized spacial score (nSPS) is 23.2. The minimum absolute atomic E-state index is 0.101. The number of fused-ring (bicyclic) bond motifs is 2. The van der Waals surface area contributed by atoms with Crippen LogP contribution in [0.5, 0.6) is 0 Å². The summed E-state index contributed by atoms with van der Waals surface area (Å²) >= 11 is 0. The van der Waals surface area contributed by atoms with Crippen molar-refractivity contribution in [2.24, 2.45) is 9.98 Å². The third-order valence-electron chi connectivity index (χ3n) is 28.5. The molecule has 84 heavy (non-hydrogen) atoms. The molecule has 30 aromatic rings. The van der Waals surface area contributed by atoms with Crippen molar-refractivity contribution in [1.82, 2.24) is 4.90 Å². The number of rotatable bonds is 1. The lowest BCUT2D eigenvalue weighted by Crippen LogP contribution is -2.52. The number of nitrogens with zero attached hydrogens (tertiary/aromatic N) is 5. The molecule has 0 bridgehead atoms. The molecule has 1 fully saturated rings. The van der Waals surface area contributed by atoms with Gasteiger partial charge in [0.15, 0.2) is 0 Å². The monoisotopic (exact) mass is 1030 g/mol. The van der Waals surface area contributed by atoms with Crippen LogP contribution in [0.1, 0.15) is 56.1 Å². The molecule has 1 unspecified atom stereocenters. The molecular weight excluding hydrogens is 1020 g/mol. The Morgan fingerprint density at radius 1 is 0.321 bits per heavy atom. The van der Waals surface area contributed by atoms with E-state index < -0.39 is 10.8 Å². The van der Waals surface area contributed by atoms with Gasteiger partial charge in [0.05, 0.1) is 22.3 Å². The molecule has 5 nitrogen and oxygen atoms in total. The molecule has 1 atom stereocenters. The van der Waals surface area contributed by atoms with Crippen LogP contribution in [0.4, 0.5) is 0 Å². The first-order valence-corrected chi connectivity index (χ1v) is 30.4. The van der Waals surface area contributed by atoms with Crippen LogP contribution in [0.25, 0.3) is 291 Å². The second-order valence-electron chi connectivity index (χ2n) is 29.3. The van der Waals surface area contributed by atoms with Crippen molar-refractivity contribution in [1.29, 1.82) is 10.5 Å². The number of benzene rings is 20. The molecule has 0 amide bonds. The van der Waals surface area contributed by atoms with E-state index in [9.17, 15) is 10.5 Å². The summed E-state index contributed by atoms with van der Waals surface area (Å²) in [5.74, 6) is 0. The summed E-state index contributed by atoms with van der Waals surface area (Å²) < 4.78 is 0. The zero-order chi connectivity index (χ0) is 51.2. The molecule has 6 aliphatic rings. The van der Waals surface area contributed by atoms with Gasteiger partial charge in [-0.05, 0) is 332 Å². The average molecular weight is 1030 g/mol. The molecule has 354 valence electrons. The van der Waals surface area contributed by atoms with E-state index in [2.05, 4.69) is 53.6 Å². The fourth-order valence-electron chi connectivity index (χ4n) is 28.2. The maximum Gasteiger partial charge on any atom is 0.206 e. The first kappa shape index (κ1) is 33.2. The lowest BCUT2D eigenvalue weighted by atomic mass is 9.47. The molecule has 0 saturated carbocycles. The van der Waals surface area contributed by atoms with Crippen molar-refractivity contribution in [2.75, 3.05) is 13.6 Å². The number of likely N-dealkylation sites (N-methyl/N-ethyl adjacent to an activating group) is 1. The Kier molecular flexibility index (Phi) is 3.15. The van der Waals surface area contributed by atoms with E-state index in [1.165, 1.54) is 5.56 Å². The summed E-state index contributed by atoms with van der Waals surface area (Å²) in [6.45, 7) is 0.896. The number of likely N-dealkylation sites (tertiary alicyclic amines) is 1. The summed E-state index contributed by atoms with van der Waals surface area (Å²) in [5.41, 5.74) is 11.7. The van der Waals surface area contributed by atoms with E-state index >= 15 is 0 Å². The molecule has 2 spiro atoms. The highest BCUT2D eigenvalue weighted by atomic mass is 15.2. The molecule has 1 heterocycles. The van der Waals surface area contributed by atoms with E-state index in [0.717, 1.165) is 28.8 Å². The van der Waals surface area contributed by atoms with Crippen LogP contribution in [0.15, 0.2) is 52.4 Å². The van der Waals surface area contributed by atoms with E-state index in [4.69, 9.17) is 4.99 Å². The van der Waals surface area contributed by atoms with E-state index in [1.807, 2.05) is 18.2 Å². The second kappa shape index (κ2) is 7.97. The van der Waals surface area contributed by atoms with Gasteiger partial charge in [-0.25, -0.2) is 0 Å². The Balaban J connectivity index is 0.961. The third-order valence-corrected chi connectivity index (χ3v) is 28.5. The van der Waals surface area contributed by atoms with E-state index in [0.29, 0.717) is 11.4 Å². The smallest absolute Gasteiger partial charge is 0.206 e. The second-order valence-corrected chi connectivity index (χ2v) is 29.3. The van der Waals surface area contributed by atoms with Crippen LogP contribution in [0.3, 0.4) is 0 Å². The minimum Gasteiger partial charge on any atom is -0.297 e. The van der Waals surface area contributed by atoms with Crippen LogP contribution >= 0.6 is 0 Å². The predicted molar refractivity (Wildman–Crippen MR) is 345 cm³/mol. The molecule has 0 aromatic heterocycles. The SMILES string of the molecule is CN1CC23c4c5c6c7c8c9c(c%10c%11c2c2c4c4c%12c5c5c6c6c8c8c%13c9c9c%10c%10c%11c%11c2c2c4c4c%12c%12c5c5c6c8c6c8c%13c9c9c%10c%10c%11c2c2c4c4c%12c5c6c5c8c9c%10c2c45)C73C1c1ccc2c(c1)C(=NC#N)c1ccccc1C2=NC#N. The Labute approximate surface area is 460 Å². The van der Waals surface area contributed by atoms with Crippen LogP contribution in [0, 0.1) is 22.9 Å². The van der Waals surface area contributed by atoms with Gasteiger partial charge in [-0.3, -0.25) is 4.90 Å². The Morgan fingerprint density at radius 2 is 0.560 bits per heavy atom. The lowest BCUT2D eigenvalue weighted by Gasteiger charge is -2.52. The van der Waals surface area contributed by atoms with Crippen molar-refractivity contribution in [3.05, 3.63) is 92.5 Å². The van der Waals surface area contributed by atoms with Gasteiger partial charge in [-0.1, -0.05) is 36.4 Å². The van der Waals surface area contributed by atoms with Gasteiger partial charge in [-0.15, -0.1) is 0 Å². The average Bonchev–Trinajstić information content (AvgIpc) is 1.38. The van der Waals surface area contributed by atoms with Crippen LogP contribution in [0.2, 0.25) is 0 Å². The van der Waals surface area contributed by atoms with Gasteiger partial charge < -0.3 is 0 Å². The molecule has 1 aliphatic heterocycles. The van der Waals surface area contributed by atoms with E-state index in [-0.39, 0.29) is 6.04 Å². The first-order chi connectivity index (χ1) is 41.7. The largest absolute Gasteiger partial charge is 0.297 e. The number of hydrogen-bond donors (Lipinski definition) is 0. The third kappa shape index (κ3) is 1.92. The van der Waals surface area contributed by atoms with Crippen molar-refractivity contribution >= 4 is 302 Å². The van der Waals surface area contributed by atoms with Gasteiger partial charge in [-0.2, -0.15) is 20.5 Å². The quantitative estimate of drug-likeness (QED) is 0.121. The first-order valence-electron chi connectivity index (χ1n) is 30.4. The number of hydrogen-bond acceptors (Lipinski definition) is 5. The van der Waals surface area contributed by atoms with Crippen molar-refractivity contribution in [2.45, 2.75) is 16.9 Å². The highest BCUT2D eigenvalue weighted by Crippen LogP contribution is 2.87. The number of nitriles is 2. The lowest BCUT2D eigenvalue weighted by molar-refractivity contribution is 0.271. The van der Waals surface area contributed by atoms with Gasteiger partial charge in [0.2, 0.25) is 12.4 Å². The summed E-state index contributed by atoms with van der Waals surface area (Å²) in [5, 5.41) is 108. The van der Waals surface area contributed by atoms with Crippen molar-refractivity contribution in [3.63, 3.8) is 0 Å². The molecular formula is C79H13N5. The summed E-state index contributed by atoms with van der Waals surface area (Å²) in [6.07, 6.45) is 4.45. The van der Waals surface area contributed by atoms with Crippen LogP contribution < -0.4 is 0 Å². The fraction of sp³-hybridized carbons (Fsp3) is 0.0633. The standard InChI is InChI=1S/C79H13N5/c1-84-9-78-71-63-55-45-35-27-19-17-18-21-25-23(19)31-39-33(25)43-37-29(21)30-22(18)26-24-20(17)28(27)36-42-32(24)40-34(26)44-38(30)48-47(37)59-53(43)61-51(39)57(49(55)41(31)35)65(71)67(61)73-69(59)70-60(48)54(44)62-52(40)58-50(42)56(46(36)45)64(63)72(78)66(58)68(62)74(70)79(73,78)77(84)12-6-7-15-16(8-12)76(83-11-81)14-5-3-2-4-13(14)75(15)82-10-80/h2-8,77H,9H2,1H3.